The minimum absolute atomic E-state index is 0.182. The molecule has 0 atom stereocenters. The Hall–Kier alpha value is -2.39. The molecule has 3 nitrogen and oxygen atoms in total. The third-order valence-electron chi connectivity index (χ3n) is 3.65. The summed E-state index contributed by atoms with van der Waals surface area (Å²) in [7, 11) is 0. The minimum atomic E-state index is -0.203. The molecule has 2 aromatic carbocycles. The van der Waals surface area contributed by atoms with E-state index in [1.807, 2.05) is 26.0 Å². The van der Waals surface area contributed by atoms with Crippen LogP contribution in [0.1, 0.15) is 31.8 Å². The highest BCUT2D eigenvalue weighted by molar-refractivity contribution is 6.34. The highest BCUT2D eigenvalue weighted by Crippen LogP contribution is 2.30. The van der Waals surface area contributed by atoms with Gasteiger partial charge in [-0.15, -0.1) is 0 Å². The molecule has 22 heavy (non-hydrogen) atoms. The molecule has 0 unspecified atom stereocenters. The van der Waals surface area contributed by atoms with Gasteiger partial charge in [0.1, 0.15) is 0 Å². The maximum absolute atomic E-state index is 12.5. The molecule has 1 N–H and O–H groups in total. The number of hydrogen-bond acceptors (Lipinski definition) is 3. The summed E-state index contributed by atoms with van der Waals surface area (Å²) in [6, 6.07) is 10.6. The van der Waals surface area contributed by atoms with Gasteiger partial charge in [0.2, 0.25) is 5.78 Å². The molecular formula is C18H14ClNO2. The number of ketones is 2. The summed E-state index contributed by atoms with van der Waals surface area (Å²) in [6.45, 7) is 3.86. The summed E-state index contributed by atoms with van der Waals surface area (Å²) < 4.78 is 0. The van der Waals surface area contributed by atoms with Gasteiger partial charge in [0.25, 0.3) is 0 Å². The second kappa shape index (κ2) is 5.43. The van der Waals surface area contributed by atoms with Crippen molar-refractivity contribution >= 4 is 28.9 Å². The van der Waals surface area contributed by atoms with E-state index in [1.54, 1.807) is 24.3 Å². The first kappa shape index (κ1) is 14.5. The summed E-state index contributed by atoms with van der Waals surface area (Å²) in [5.41, 5.74) is 3.71. The van der Waals surface area contributed by atoms with Crippen LogP contribution >= 0.6 is 11.6 Å². The molecule has 1 aliphatic rings. The van der Waals surface area contributed by atoms with E-state index in [0.29, 0.717) is 21.8 Å². The van der Waals surface area contributed by atoms with Crippen LogP contribution in [0.2, 0.25) is 5.02 Å². The van der Waals surface area contributed by atoms with Crippen molar-refractivity contribution < 1.29 is 9.59 Å². The molecule has 3 rings (SSSR count). The monoisotopic (exact) mass is 311 g/mol. The van der Waals surface area contributed by atoms with Crippen molar-refractivity contribution in [1.29, 1.82) is 0 Å². The maximum atomic E-state index is 12.5. The van der Waals surface area contributed by atoms with Gasteiger partial charge in [0.15, 0.2) is 5.78 Å². The normalized spacial score (nSPS) is 13.7. The summed E-state index contributed by atoms with van der Waals surface area (Å²) in [4.78, 5) is 24.7. The van der Waals surface area contributed by atoms with Crippen LogP contribution in [-0.4, -0.2) is 11.6 Å². The molecule has 2 aromatic rings. The second-order valence-electron chi connectivity index (χ2n) is 5.36. The highest BCUT2D eigenvalue weighted by atomic mass is 35.5. The second-order valence-corrected chi connectivity index (χ2v) is 5.77. The Morgan fingerprint density at radius 2 is 1.68 bits per heavy atom. The van der Waals surface area contributed by atoms with Gasteiger partial charge in [0, 0.05) is 17.2 Å². The lowest BCUT2D eigenvalue weighted by Crippen LogP contribution is -2.21. The zero-order valence-electron chi connectivity index (χ0n) is 12.2. The molecule has 0 aromatic heterocycles. The fraction of sp³-hybridized carbons (Fsp3) is 0.111. The topological polar surface area (TPSA) is 46.2 Å². The third kappa shape index (κ3) is 2.44. The summed E-state index contributed by atoms with van der Waals surface area (Å²) >= 11 is 6.25. The molecule has 0 spiro atoms. The highest BCUT2D eigenvalue weighted by Gasteiger charge is 2.25. The lowest BCUT2D eigenvalue weighted by molar-refractivity contribution is 0.0985. The lowest BCUT2D eigenvalue weighted by atomic mass is 9.92. The number of halogens is 1. The summed E-state index contributed by atoms with van der Waals surface area (Å²) in [5.74, 6) is -0.384. The summed E-state index contributed by atoms with van der Waals surface area (Å²) in [5, 5.41) is 3.55. The van der Waals surface area contributed by atoms with Crippen molar-refractivity contribution in [3.63, 3.8) is 0 Å². The fourth-order valence-corrected chi connectivity index (χ4v) is 2.99. The van der Waals surface area contributed by atoms with E-state index in [2.05, 4.69) is 5.32 Å². The van der Waals surface area contributed by atoms with Crippen LogP contribution in [0.15, 0.2) is 48.2 Å². The van der Waals surface area contributed by atoms with Crippen LogP contribution in [0.5, 0.6) is 0 Å². The SMILES string of the molecule is Cc1cc(C)c(NC2=CC(=O)c3ccccc3C2=O)c(Cl)c1. The van der Waals surface area contributed by atoms with Gasteiger partial charge in [0.05, 0.1) is 16.4 Å². The third-order valence-corrected chi connectivity index (χ3v) is 3.95. The van der Waals surface area contributed by atoms with Crippen molar-refractivity contribution in [1.82, 2.24) is 0 Å². The van der Waals surface area contributed by atoms with Gasteiger partial charge < -0.3 is 5.32 Å². The number of Topliss-reactive ketones (excluding diaryl/α,β-unsaturated/α-hetero) is 1. The van der Waals surface area contributed by atoms with Crippen LogP contribution < -0.4 is 5.32 Å². The first-order valence-electron chi connectivity index (χ1n) is 6.91. The predicted octanol–water partition coefficient (Wildman–Crippen LogP) is 4.33. The molecule has 110 valence electrons. The van der Waals surface area contributed by atoms with E-state index < -0.39 is 0 Å². The Morgan fingerprint density at radius 3 is 2.36 bits per heavy atom. The molecule has 0 heterocycles. The number of benzene rings is 2. The first-order valence-corrected chi connectivity index (χ1v) is 7.28. The van der Waals surface area contributed by atoms with Crippen molar-refractivity contribution in [3.8, 4) is 0 Å². The molecule has 0 aliphatic heterocycles. The maximum Gasteiger partial charge on any atom is 0.210 e. The Morgan fingerprint density at radius 1 is 1.00 bits per heavy atom. The fourth-order valence-electron chi connectivity index (χ4n) is 2.62. The molecule has 4 heteroatoms. The van der Waals surface area contributed by atoms with Crippen molar-refractivity contribution in [2.24, 2.45) is 0 Å². The molecular weight excluding hydrogens is 298 g/mol. The average Bonchev–Trinajstić information content (AvgIpc) is 2.47. The molecule has 0 saturated carbocycles. The van der Waals surface area contributed by atoms with Crippen molar-refractivity contribution in [3.05, 3.63) is 75.4 Å². The van der Waals surface area contributed by atoms with Crippen LogP contribution in [0.25, 0.3) is 0 Å². The van der Waals surface area contributed by atoms with Gasteiger partial charge in [-0.3, -0.25) is 9.59 Å². The number of nitrogens with one attached hydrogen (secondary N) is 1. The van der Waals surface area contributed by atoms with E-state index >= 15 is 0 Å². The zero-order chi connectivity index (χ0) is 15.9. The molecule has 0 fully saturated rings. The van der Waals surface area contributed by atoms with E-state index in [4.69, 9.17) is 11.6 Å². The Labute approximate surface area is 133 Å². The van der Waals surface area contributed by atoms with Gasteiger partial charge in [-0.1, -0.05) is 41.9 Å². The zero-order valence-corrected chi connectivity index (χ0v) is 13.0. The largest absolute Gasteiger partial charge is 0.351 e. The minimum Gasteiger partial charge on any atom is -0.351 e. The number of fused-ring (bicyclic) bond motifs is 1. The first-order chi connectivity index (χ1) is 10.5. The van der Waals surface area contributed by atoms with Crippen LogP contribution in [0.4, 0.5) is 5.69 Å². The number of allylic oxidation sites excluding steroid dienone is 2. The Balaban J connectivity index is 2.01. The number of rotatable bonds is 2. The average molecular weight is 312 g/mol. The van der Waals surface area contributed by atoms with Gasteiger partial charge in [-0.2, -0.15) is 0 Å². The quantitative estimate of drug-likeness (QED) is 0.897. The number of aryl methyl sites for hydroxylation is 2. The van der Waals surface area contributed by atoms with Crippen LogP contribution in [-0.2, 0) is 0 Å². The molecule has 0 bridgehead atoms. The van der Waals surface area contributed by atoms with Crippen molar-refractivity contribution in [2.75, 3.05) is 5.32 Å². The van der Waals surface area contributed by atoms with Crippen molar-refractivity contribution in [2.45, 2.75) is 13.8 Å². The van der Waals surface area contributed by atoms with Crippen LogP contribution in [0.3, 0.4) is 0 Å². The number of carbonyl (C=O) groups excluding carboxylic acids is 2. The van der Waals surface area contributed by atoms with E-state index in [-0.39, 0.29) is 17.3 Å². The van der Waals surface area contributed by atoms with E-state index in [0.717, 1.165) is 11.1 Å². The molecule has 1 aliphatic carbocycles. The number of hydrogen-bond donors (Lipinski definition) is 1. The Bertz CT molecular complexity index is 814. The van der Waals surface area contributed by atoms with Gasteiger partial charge in [-0.05, 0) is 31.0 Å². The van der Waals surface area contributed by atoms with Crippen LogP contribution in [0, 0.1) is 13.8 Å². The molecule has 0 radical (unpaired) electrons. The van der Waals surface area contributed by atoms with E-state index in [9.17, 15) is 9.59 Å². The molecule has 0 amide bonds. The smallest absolute Gasteiger partial charge is 0.210 e. The summed E-state index contributed by atoms with van der Waals surface area (Å²) in [6.07, 6.45) is 1.33. The number of anilines is 1. The lowest BCUT2D eigenvalue weighted by Gasteiger charge is -2.18. The van der Waals surface area contributed by atoms with E-state index in [1.165, 1.54) is 6.08 Å². The van der Waals surface area contributed by atoms with Gasteiger partial charge in [-0.25, -0.2) is 0 Å². The number of carbonyl (C=O) groups is 2. The predicted molar refractivity (Wildman–Crippen MR) is 87.7 cm³/mol. The standard InChI is InChI=1S/C18H14ClNO2/c1-10-7-11(2)17(14(19)8-10)20-15-9-16(21)12-5-3-4-6-13(12)18(15)22/h3-9,20H,1-2H3. The Kier molecular flexibility index (Phi) is 3.59. The van der Waals surface area contributed by atoms with Gasteiger partial charge >= 0.3 is 0 Å². The molecule has 0 saturated heterocycles.